The highest BCUT2D eigenvalue weighted by molar-refractivity contribution is 5.81. The summed E-state index contributed by atoms with van der Waals surface area (Å²) in [7, 11) is 0. The topological polar surface area (TPSA) is 75.5 Å². The molecule has 0 spiro atoms. The minimum atomic E-state index is -0.410. The van der Waals surface area contributed by atoms with Crippen molar-refractivity contribution >= 4 is 17.3 Å². The largest absolute Gasteiger partial charge is 0.376 e. The molecule has 1 saturated heterocycles. The molecule has 0 aromatic heterocycles. The van der Waals surface area contributed by atoms with Gasteiger partial charge in [0.15, 0.2) is 0 Å². The molecule has 6 nitrogen and oxygen atoms in total. The fraction of sp³-hybridized carbons (Fsp3) is 0.500. The van der Waals surface area contributed by atoms with Crippen LogP contribution in [0.15, 0.2) is 18.2 Å². The van der Waals surface area contributed by atoms with Crippen LogP contribution in [0.4, 0.5) is 11.4 Å². The van der Waals surface area contributed by atoms with E-state index in [4.69, 9.17) is 0 Å². The molecule has 1 heterocycles. The number of aryl methyl sites for hydroxylation is 1. The molecule has 1 N–H and O–H groups in total. The molecule has 1 aromatic rings. The Bertz CT molecular complexity index is 510. The third kappa shape index (κ3) is 3.46. The lowest BCUT2D eigenvalue weighted by atomic mass is 10.1. The van der Waals surface area contributed by atoms with E-state index in [1.54, 1.807) is 19.1 Å². The molecule has 2 rings (SSSR count). The quantitative estimate of drug-likeness (QED) is 0.677. The highest BCUT2D eigenvalue weighted by Crippen LogP contribution is 2.22. The predicted octanol–water partition coefficient (Wildman–Crippen LogP) is 2.33. The Morgan fingerprint density at radius 2 is 2.05 bits per heavy atom. The van der Waals surface area contributed by atoms with Crippen LogP contribution in [0.3, 0.4) is 0 Å². The van der Waals surface area contributed by atoms with Crippen LogP contribution in [-0.4, -0.2) is 35.4 Å². The number of nitro benzene ring substituents is 1. The van der Waals surface area contributed by atoms with Crippen LogP contribution in [0.5, 0.6) is 0 Å². The number of rotatable bonds is 4. The van der Waals surface area contributed by atoms with E-state index in [0.717, 1.165) is 25.9 Å². The van der Waals surface area contributed by atoms with Gasteiger partial charge >= 0.3 is 0 Å². The Kier molecular flexibility index (Phi) is 4.55. The zero-order chi connectivity index (χ0) is 14.5. The van der Waals surface area contributed by atoms with Gasteiger partial charge in [-0.05, 0) is 32.3 Å². The third-order valence-electron chi connectivity index (χ3n) is 3.56. The van der Waals surface area contributed by atoms with Gasteiger partial charge in [-0.3, -0.25) is 14.9 Å². The Morgan fingerprint density at radius 3 is 2.70 bits per heavy atom. The van der Waals surface area contributed by atoms with Crippen molar-refractivity contribution in [2.24, 2.45) is 0 Å². The van der Waals surface area contributed by atoms with Gasteiger partial charge in [0.05, 0.1) is 11.5 Å². The monoisotopic (exact) mass is 277 g/mol. The first-order chi connectivity index (χ1) is 9.58. The number of nitrogens with zero attached hydrogens (tertiary/aromatic N) is 2. The Labute approximate surface area is 117 Å². The van der Waals surface area contributed by atoms with Crippen LogP contribution in [0.25, 0.3) is 0 Å². The van der Waals surface area contributed by atoms with Crippen LogP contribution < -0.4 is 5.32 Å². The number of carbonyl (C=O) groups is 1. The lowest BCUT2D eigenvalue weighted by molar-refractivity contribution is -0.385. The Balaban J connectivity index is 1.95. The molecule has 0 atom stereocenters. The van der Waals surface area contributed by atoms with E-state index in [1.807, 2.05) is 4.90 Å². The highest BCUT2D eigenvalue weighted by Gasteiger charge is 2.16. The maximum Gasteiger partial charge on any atom is 0.274 e. The van der Waals surface area contributed by atoms with Crippen molar-refractivity contribution in [1.82, 2.24) is 4.90 Å². The molecule has 6 heteroatoms. The highest BCUT2D eigenvalue weighted by atomic mass is 16.6. The maximum absolute atomic E-state index is 12.0. The predicted molar refractivity (Wildman–Crippen MR) is 76.8 cm³/mol. The van der Waals surface area contributed by atoms with Gasteiger partial charge in [-0.25, -0.2) is 0 Å². The van der Waals surface area contributed by atoms with Crippen LogP contribution in [0, 0.1) is 17.0 Å². The summed E-state index contributed by atoms with van der Waals surface area (Å²) in [5, 5.41) is 13.8. The minimum absolute atomic E-state index is 0.0490. The van der Waals surface area contributed by atoms with E-state index >= 15 is 0 Å². The van der Waals surface area contributed by atoms with Crippen molar-refractivity contribution < 1.29 is 9.72 Å². The first-order valence-corrected chi connectivity index (χ1v) is 6.84. The smallest absolute Gasteiger partial charge is 0.274 e. The molecule has 20 heavy (non-hydrogen) atoms. The fourth-order valence-electron chi connectivity index (χ4n) is 2.35. The zero-order valence-corrected chi connectivity index (χ0v) is 11.6. The number of hydrogen-bond acceptors (Lipinski definition) is 4. The van der Waals surface area contributed by atoms with Gasteiger partial charge in [0.2, 0.25) is 5.91 Å². The van der Waals surface area contributed by atoms with Crippen LogP contribution >= 0.6 is 0 Å². The maximum atomic E-state index is 12.0. The third-order valence-corrected chi connectivity index (χ3v) is 3.56. The van der Waals surface area contributed by atoms with E-state index in [0.29, 0.717) is 11.3 Å². The summed E-state index contributed by atoms with van der Waals surface area (Å²) >= 11 is 0. The summed E-state index contributed by atoms with van der Waals surface area (Å²) in [6.45, 7) is 3.50. The Hall–Kier alpha value is -2.11. The average Bonchev–Trinajstić information content (AvgIpc) is 2.46. The number of likely N-dealkylation sites (tertiary alicyclic amines) is 1. The number of carbonyl (C=O) groups excluding carboxylic acids is 1. The van der Waals surface area contributed by atoms with E-state index in [-0.39, 0.29) is 18.1 Å². The second-order valence-electron chi connectivity index (χ2n) is 5.05. The number of nitro groups is 1. The molecule has 1 aliphatic heterocycles. The van der Waals surface area contributed by atoms with Crippen molar-refractivity contribution in [1.29, 1.82) is 0 Å². The first kappa shape index (κ1) is 14.3. The second kappa shape index (κ2) is 6.36. The number of benzene rings is 1. The van der Waals surface area contributed by atoms with Crippen LogP contribution in [0.2, 0.25) is 0 Å². The standard InChI is InChI=1S/C14H19N3O3/c1-11-5-6-12(9-13(11)17(19)20)15-10-14(18)16-7-3-2-4-8-16/h5-6,9,15H,2-4,7-8,10H2,1H3. The number of piperidine rings is 1. The molecule has 1 amide bonds. The number of anilines is 1. The van der Waals surface area contributed by atoms with Gasteiger partial charge in [-0.2, -0.15) is 0 Å². The molecule has 108 valence electrons. The second-order valence-corrected chi connectivity index (χ2v) is 5.05. The normalized spacial score (nSPS) is 14.9. The summed E-state index contributed by atoms with van der Waals surface area (Å²) < 4.78 is 0. The number of amides is 1. The molecule has 0 aliphatic carbocycles. The molecular formula is C14H19N3O3. The molecule has 1 aromatic carbocycles. The van der Waals surface area contributed by atoms with Crippen molar-refractivity contribution in [3.63, 3.8) is 0 Å². The molecule has 1 fully saturated rings. The average molecular weight is 277 g/mol. The summed E-state index contributed by atoms with van der Waals surface area (Å²) in [4.78, 5) is 24.3. The summed E-state index contributed by atoms with van der Waals surface area (Å²) in [6, 6.07) is 4.91. The van der Waals surface area contributed by atoms with Crippen molar-refractivity contribution in [3.8, 4) is 0 Å². The molecular weight excluding hydrogens is 258 g/mol. The van der Waals surface area contributed by atoms with E-state index < -0.39 is 4.92 Å². The molecule has 1 aliphatic rings. The van der Waals surface area contributed by atoms with Crippen molar-refractivity contribution in [2.45, 2.75) is 26.2 Å². The van der Waals surface area contributed by atoms with Gasteiger partial charge in [0, 0.05) is 30.4 Å². The summed E-state index contributed by atoms with van der Waals surface area (Å²) in [5.41, 5.74) is 1.29. The SMILES string of the molecule is Cc1ccc(NCC(=O)N2CCCCC2)cc1[N+](=O)[O-]. The zero-order valence-electron chi connectivity index (χ0n) is 11.6. The fourth-order valence-corrected chi connectivity index (χ4v) is 2.35. The van der Waals surface area contributed by atoms with E-state index in [2.05, 4.69) is 5.32 Å². The van der Waals surface area contributed by atoms with Gasteiger partial charge in [0.25, 0.3) is 5.69 Å². The van der Waals surface area contributed by atoms with Gasteiger partial charge < -0.3 is 10.2 Å². The van der Waals surface area contributed by atoms with Gasteiger partial charge in [0.1, 0.15) is 0 Å². The van der Waals surface area contributed by atoms with E-state index in [9.17, 15) is 14.9 Å². The lowest BCUT2D eigenvalue weighted by Gasteiger charge is -2.26. The van der Waals surface area contributed by atoms with Crippen molar-refractivity contribution in [3.05, 3.63) is 33.9 Å². The van der Waals surface area contributed by atoms with Crippen LogP contribution in [-0.2, 0) is 4.79 Å². The Morgan fingerprint density at radius 1 is 1.35 bits per heavy atom. The van der Waals surface area contributed by atoms with Gasteiger partial charge in [-0.1, -0.05) is 6.07 Å². The summed E-state index contributed by atoms with van der Waals surface area (Å²) in [6.07, 6.45) is 3.30. The molecule has 0 unspecified atom stereocenters. The number of nitrogens with one attached hydrogen (secondary N) is 1. The lowest BCUT2D eigenvalue weighted by Crippen LogP contribution is -2.39. The van der Waals surface area contributed by atoms with Gasteiger partial charge in [-0.15, -0.1) is 0 Å². The van der Waals surface area contributed by atoms with Crippen molar-refractivity contribution in [2.75, 3.05) is 25.0 Å². The molecule has 0 saturated carbocycles. The van der Waals surface area contributed by atoms with Crippen LogP contribution in [0.1, 0.15) is 24.8 Å². The van der Waals surface area contributed by atoms with E-state index in [1.165, 1.54) is 12.5 Å². The number of hydrogen-bond donors (Lipinski definition) is 1. The minimum Gasteiger partial charge on any atom is -0.376 e. The molecule has 0 radical (unpaired) electrons. The summed E-state index contributed by atoms with van der Waals surface area (Å²) in [5.74, 6) is 0.0490. The first-order valence-electron chi connectivity index (χ1n) is 6.84. The molecule has 0 bridgehead atoms.